The summed E-state index contributed by atoms with van der Waals surface area (Å²) in [7, 11) is 0. The Hall–Kier alpha value is -3.82. The van der Waals surface area contributed by atoms with Crippen molar-refractivity contribution in [1.29, 1.82) is 0 Å². The van der Waals surface area contributed by atoms with E-state index in [1.54, 1.807) is 0 Å². The van der Waals surface area contributed by atoms with Crippen molar-refractivity contribution in [3.8, 4) is 0 Å². The Kier molecular flexibility index (Phi) is 4.18. The van der Waals surface area contributed by atoms with Crippen LogP contribution in [0.4, 0.5) is 35.2 Å². The summed E-state index contributed by atoms with van der Waals surface area (Å²) >= 11 is 0. The van der Waals surface area contributed by atoms with Crippen LogP contribution in [0.15, 0.2) is 49.3 Å². The van der Waals surface area contributed by atoms with E-state index >= 15 is 0 Å². The van der Waals surface area contributed by atoms with Crippen LogP contribution >= 0.6 is 0 Å². The Morgan fingerprint density at radius 2 is 0.939 bits per heavy atom. The molecular formula is C23H26N10. The second-order valence-electron chi connectivity index (χ2n) is 8.82. The lowest BCUT2D eigenvalue weighted by Crippen LogP contribution is -2.32. The molecule has 3 aliphatic heterocycles. The minimum atomic E-state index is 0.899. The van der Waals surface area contributed by atoms with Crippen LogP contribution in [-0.4, -0.2) is 53.3 Å². The number of imidazole rings is 3. The molecule has 4 aromatic heterocycles. The normalized spacial score (nSPS) is 17.6. The molecule has 0 radical (unpaired) electrons. The molecule has 4 aromatic rings. The first-order valence-electron chi connectivity index (χ1n) is 11.7. The molecule has 0 aliphatic carbocycles. The van der Waals surface area contributed by atoms with Crippen molar-refractivity contribution in [2.75, 3.05) is 34.3 Å². The maximum absolute atomic E-state index is 5.17. The Labute approximate surface area is 191 Å². The van der Waals surface area contributed by atoms with Crippen molar-refractivity contribution in [3.63, 3.8) is 0 Å². The summed E-state index contributed by atoms with van der Waals surface area (Å²) in [5.41, 5.74) is 1.11. The van der Waals surface area contributed by atoms with Gasteiger partial charge in [0.2, 0.25) is 17.8 Å². The highest BCUT2D eigenvalue weighted by Crippen LogP contribution is 2.37. The molecule has 0 amide bonds. The first-order valence-corrected chi connectivity index (χ1v) is 11.7. The molecule has 7 heterocycles. The SMILES string of the molecule is c1cn2c(n1)N(c1cc(N3CCCn4ccnc43)nc(N3CCCn4ccnc43)c1)CCC2. The average Bonchev–Trinajstić information content (AvgIpc) is 3.63. The molecule has 168 valence electrons. The molecule has 0 atom stereocenters. The number of aromatic nitrogens is 7. The second kappa shape index (κ2) is 7.36. The molecule has 0 aromatic carbocycles. The van der Waals surface area contributed by atoms with Crippen molar-refractivity contribution < 1.29 is 0 Å². The molecule has 0 fully saturated rings. The Bertz CT molecular complexity index is 1130. The predicted octanol–water partition coefficient (Wildman–Crippen LogP) is 3.30. The van der Waals surface area contributed by atoms with Gasteiger partial charge in [-0.3, -0.25) is 9.80 Å². The first-order chi connectivity index (χ1) is 16.3. The topological polar surface area (TPSA) is 76.1 Å². The lowest BCUT2D eigenvalue weighted by atomic mass is 10.2. The van der Waals surface area contributed by atoms with Gasteiger partial charge in [-0.15, -0.1) is 0 Å². The molecule has 0 saturated carbocycles. The Morgan fingerprint density at radius 1 is 0.515 bits per heavy atom. The van der Waals surface area contributed by atoms with Gasteiger partial charge in [0.1, 0.15) is 11.6 Å². The van der Waals surface area contributed by atoms with Gasteiger partial charge in [-0.2, -0.15) is 0 Å². The monoisotopic (exact) mass is 442 g/mol. The minimum Gasteiger partial charge on any atom is -0.317 e. The summed E-state index contributed by atoms with van der Waals surface area (Å²) in [6.07, 6.45) is 15.0. The molecule has 7 rings (SSSR count). The lowest BCUT2D eigenvalue weighted by Gasteiger charge is -2.34. The standard InChI is InChI=1S/C23H26N10/c1-7-28-13-4-24-21(28)31(10-1)18-16-19(32-11-2-8-29-14-5-25-22(29)32)27-20(17-18)33-12-3-9-30-15-6-26-23(30)33/h4-6,13-17H,1-3,7-12H2. The van der Waals surface area contributed by atoms with Gasteiger partial charge in [-0.05, 0) is 19.3 Å². The van der Waals surface area contributed by atoms with E-state index in [9.17, 15) is 0 Å². The highest BCUT2D eigenvalue weighted by Gasteiger charge is 2.27. The second-order valence-corrected chi connectivity index (χ2v) is 8.82. The molecule has 10 heteroatoms. The maximum Gasteiger partial charge on any atom is 0.211 e. The smallest absolute Gasteiger partial charge is 0.211 e. The minimum absolute atomic E-state index is 0.899. The third kappa shape index (κ3) is 3.00. The summed E-state index contributed by atoms with van der Waals surface area (Å²) < 4.78 is 6.64. The van der Waals surface area contributed by atoms with Crippen LogP contribution in [0.2, 0.25) is 0 Å². The zero-order valence-corrected chi connectivity index (χ0v) is 18.5. The quantitative estimate of drug-likeness (QED) is 0.482. The van der Waals surface area contributed by atoms with Crippen LogP contribution < -0.4 is 14.7 Å². The zero-order valence-electron chi connectivity index (χ0n) is 18.5. The molecule has 0 bridgehead atoms. The fourth-order valence-electron chi connectivity index (χ4n) is 5.26. The molecule has 0 saturated heterocycles. The van der Waals surface area contributed by atoms with Gasteiger partial charge in [-0.1, -0.05) is 0 Å². The van der Waals surface area contributed by atoms with Crippen LogP contribution in [0.3, 0.4) is 0 Å². The number of pyridine rings is 1. The summed E-state index contributed by atoms with van der Waals surface area (Å²) in [4.78, 5) is 25.9. The molecule has 3 aliphatic rings. The summed E-state index contributed by atoms with van der Waals surface area (Å²) in [5.74, 6) is 4.74. The van der Waals surface area contributed by atoms with Crippen LogP contribution in [0, 0.1) is 0 Å². The predicted molar refractivity (Wildman–Crippen MR) is 126 cm³/mol. The van der Waals surface area contributed by atoms with E-state index < -0.39 is 0 Å². The van der Waals surface area contributed by atoms with E-state index in [0.29, 0.717) is 0 Å². The Morgan fingerprint density at radius 3 is 1.42 bits per heavy atom. The van der Waals surface area contributed by atoms with Crippen molar-refractivity contribution in [3.05, 3.63) is 49.3 Å². The number of nitrogens with zero attached hydrogens (tertiary/aromatic N) is 10. The molecule has 10 nitrogen and oxygen atoms in total. The van der Waals surface area contributed by atoms with Gasteiger partial charge in [0.15, 0.2) is 0 Å². The van der Waals surface area contributed by atoms with Crippen molar-refractivity contribution in [2.45, 2.75) is 38.9 Å². The molecule has 0 N–H and O–H groups in total. The van der Waals surface area contributed by atoms with Gasteiger partial charge in [0.05, 0.1) is 5.69 Å². The van der Waals surface area contributed by atoms with Crippen molar-refractivity contribution in [1.82, 2.24) is 33.6 Å². The van der Waals surface area contributed by atoms with E-state index in [0.717, 1.165) is 93.7 Å². The highest BCUT2D eigenvalue weighted by molar-refractivity contribution is 5.72. The van der Waals surface area contributed by atoms with Gasteiger partial charge in [0, 0.05) is 88.6 Å². The van der Waals surface area contributed by atoms with Crippen molar-refractivity contribution in [2.24, 2.45) is 0 Å². The van der Waals surface area contributed by atoms with E-state index in [4.69, 9.17) is 4.98 Å². The average molecular weight is 443 g/mol. The van der Waals surface area contributed by atoms with E-state index in [1.165, 1.54) is 0 Å². The summed E-state index contributed by atoms with van der Waals surface area (Å²) in [6, 6.07) is 4.38. The number of anilines is 6. The van der Waals surface area contributed by atoms with Gasteiger partial charge < -0.3 is 18.6 Å². The van der Waals surface area contributed by atoms with Gasteiger partial charge >= 0.3 is 0 Å². The maximum atomic E-state index is 5.17. The summed E-state index contributed by atoms with van der Waals surface area (Å²) in [5, 5.41) is 0. The molecular weight excluding hydrogens is 416 g/mol. The van der Waals surface area contributed by atoms with Crippen LogP contribution in [0.1, 0.15) is 19.3 Å². The number of rotatable bonds is 3. The lowest BCUT2D eigenvalue weighted by molar-refractivity contribution is 0.581. The van der Waals surface area contributed by atoms with Gasteiger partial charge in [-0.25, -0.2) is 19.9 Å². The fourth-order valence-corrected chi connectivity index (χ4v) is 5.26. The van der Waals surface area contributed by atoms with Crippen LogP contribution in [-0.2, 0) is 19.6 Å². The number of hydrogen-bond donors (Lipinski definition) is 0. The van der Waals surface area contributed by atoms with Crippen LogP contribution in [0.5, 0.6) is 0 Å². The number of fused-ring (bicyclic) bond motifs is 3. The Balaban J connectivity index is 1.38. The van der Waals surface area contributed by atoms with E-state index in [-0.39, 0.29) is 0 Å². The zero-order chi connectivity index (χ0) is 21.8. The largest absolute Gasteiger partial charge is 0.317 e. The molecule has 0 spiro atoms. The summed E-state index contributed by atoms with van der Waals surface area (Å²) in [6.45, 7) is 5.72. The first kappa shape index (κ1) is 18.7. The number of aryl methyl sites for hydroxylation is 3. The number of hydrogen-bond acceptors (Lipinski definition) is 7. The third-order valence-corrected chi connectivity index (χ3v) is 6.79. The molecule has 0 unspecified atom stereocenters. The van der Waals surface area contributed by atoms with Gasteiger partial charge in [0.25, 0.3) is 0 Å². The van der Waals surface area contributed by atoms with E-state index in [1.807, 2.05) is 18.6 Å². The fraction of sp³-hybridized carbons (Fsp3) is 0.391. The third-order valence-electron chi connectivity index (χ3n) is 6.79. The van der Waals surface area contributed by atoms with E-state index in [2.05, 4.69) is 74.1 Å². The van der Waals surface area contributed by atoms with Crippen molar-refractivity contribution >= 4 is 35.2 Å². The molecule has 33 heavy (non-hydrogen) atoms. The van der Waals surface area contributed by atoms with Crippen LogP contribution in [0.25, 0.3) is 0 Å². The highest BCUT2D eigenvalue weighted by atomic mass is 15.4.